The maximum Gasteiger partial charge on any atom is 0.320 e. The van der Waals surface area contributed by atoms with Crippen LogP contribution in [0.4, 0.5) is 0 Å². The summed E-state index contributed by atoms with van der Waals surface area (Å²) in [6.45, 7) is 7.31. The fourth-order valence-corrected chi connectivity index (χ4v) is 2.82. The Morgan fingerprint density at radius 1 is 1.08 bits per heavy atom. The molecule has 2 rings (SSSR count). The highest BCUT2D eigenvalue weighted by Gasteiger charge is 2.31. The number of aromatic amines is 1. The van der Waals surface area contributed by atoms with E-state index in [9.17, 15) is 14.4 Å². The molecule has 0 saturated carbocycles. The van der Waals surface area contributed by atoms with Crippen molar-refractivity contribution in [2.45, 2.75) is 34.1 Å². The second kappa shape index (κ2) is 7.96. The van der Waals surface area contributed by atoms with Gasteiger partial charge in [-0.2, -0.15) is 0 Å². The predicted molar refractivity (Wildman–Crippen MR) is 94.5 cm³/mol. The first kappa shape index (κ1) is 18.7. The van der Waals surface area contributed by atoms with E-state index in [1.165, 1.54) is 0 Å². The van der Waals surface area contributed by atoms with Gasteiger partial charge >= 0.3 is 11.9 Å². The number of H-pyrrole nitrogens is 1. The Balaban J connectivity index is 2.50. The number of carbonyl (C=O) groups excluding carboxylic acids is 2. The zero-order valence-corrected chi connectivity index (χ0v) is 15.0. The van der Waals surface area contributed by atoms with Crippen molar-refractivity contribution in [2.75, 3.05) is 13.2 Å². The van der Waals surface area contributed by atoms with Gasteiger partial charge in [-0.25, -0.2) is 0 Å². The molecule has 1 heterocycles. The molecular weight excluding hydrogens is 322 g/mol. The third-order valence-corrected chi connectivity index (χ3v) is 4.11. The van der Waals surface area contributed by atoms with Crippen LogP contribution in [0, 0.1) is 19.8 Å². The van der Waals surface area contributed by atoms with E-state index in [4.69, 9.17) is 9.47 Å². The smallest absolute Gasteiger partial charge is 0.320 e. The zero-order valence-electron chi connectivity index (χ0n) is 15.0. The topological polar surface area (TPSA) is 85.5 Å². The molecular formula is C19H23NO5. The van der Waals surface area contributed by atoms with Gasteiger partial charge in [0.25, 0.3) is 0 Å². The van der Waals surface area contributed by atoms with Crippen molar-refractivity contribution in [3.63, 3.8) is 0 Å². The molecule has 0 aliphatic heterocycles. The van der Waals surface area contributed by atoms with Crippen LogP contribution in [0.15, 0.2) is 23.0 Å². The molecule has 6 nitrogen and oxygen atoms in total. The Morgan fingerprint density at radius 2 is 1.68 bits per heavy atom. The summed E-state index contributed by atoms with van der Waals surface area (Å²) >= 11 is 0. The maximum atomic E-state index is 12.9. The largest absolute Gasteiger partial charge is 0.465 e. The summed E-state index contributed by atoms with van der Waals surface area (Å²) in [7, 11) is 0. The van der Waals surface area contributed by atoms with E-state index in [2.05, 4.69) is 4.98 Å². The number of nitrogens with one attached hydrogen (secondary N) is 1. The minimum Gasteiger partial charge on any atom is -0.465 e. The summed E-state index contributed by atoms with van der Waals surface area (Å²) in [5.41, 5.74) is 2.55. The summed E-state index contributed by atoms with van der Waals surface area (Å²) in [6.07, 6.45) is -0.0529. The number of benzene rings is 1. The van der Waals surface area contributed by atoms with Crippen LogP contribution in [-0.4, -0.2) is 30.1 Å². The molecule has 0 aliphatic rings. The molecule has 0 fully saturated rings. The van der Waals surface area contributed by atoms with Gasteiger partial charge in [-0.3, -0.25) is 14.4 Å². The number of hydrogen-bond donors (Lipinski definition) is 1. The fourth-order valence-electron chi connectivity index (χ4n) is 2.82. The Bertz CT molecular complexity index is 835. The monoisotopic (exact) mass is 345 g/mol. The summed E-state index contributed by atoms with van der Waals surface area (Å²) in [4.78, 5) is 40.4. The Morgan fingerprint density at radius 3 is 2.24 bits per heavy atom. The quantitative estimate of drug-likeness (QED) is 0.642. The number of aromatic nitrogens is 1. The average Bonchev–Trinajstić information content (AvgIpc) is 2.56. The molecule has 6 heteroatoms. The summed E-state index contributed by atoms with van der Waals surface area (Å²) in [5.74, 6) is -2.50. The first-order valence-electron chi connectivity index (χ1n) is 8.35. The molecule has 1 aromatic heterocycles. The molecule has 0 aliphatic carbocycles. The number of pyridine rings is 1. The van der Waals surface area contributed by atoms with Gasteiger partial charge in [0.15, 0.2) is 11.3 Å². The fraction of sp³-hybridized carbons (Fsp3) is 0.421. The van der Waals surface area contributed by atoms with Gasteiger partial charge in [0.1, 0.15) is 0 Å². The Hall–Kier alpha value is -2.63. The van der Waals surface area contributed by atoms with Gasteiger partial charge in [0, 0.05) is 23.1 Å². The van der Waals surface area contributed by atoms with Crippen LogP contribution in [-0.2, 0) is 25.5 Å². The number of para-hydroxylation sites is 1. The molecule has 0 bridgehead atoms. The van der Waals surface area contributed by atoms with Crippen molar-refractivity contribution >= 4 is 22.8 Å². The maximum absolute atomic E-state index is 12.9. The van der Waals surface area contributed by atoms with Crippen LogP contribution in [0.1, 0.15) is 30.7 Å². The van der Waals surface area contributed by atoms with Crippen LogP contribution in [0.5, 0.6) is 0 Å². The van der Waals surface area contributed by atoms with Gasteiger partial charge < -0.3 is 14.5 Å². The Kier molecular flexibility index (Phi) is 5.96. The molecule has 0 spiro atoms. The van der Waals surface area contributed by atoms with Crippen molar-refractivity contribution in [1.29, 1.82) is 0 Å². The van der Waals surface area contributed by atoms with Crippen LogP contribution >= 0.6 is 0 Å². The van der Waals surface area contributed by atoms with E-state index in [-0.39, 0.29) is 25.1 Å². The van der Waals surface area contributed by atoms with Crippen molar-refractivity contribution in [3.8, 4) is 0 Å². The molecule has 0 amide bonds. The van der Waals surface area contributed by atoms with Gasteiger partial charge in [0.2, 0.25) is 0 Å². The number of rotatable bonds is 6. The first-order valence-corrected chi connectivity index (χ1v) is 8.35. The second-order valence-electron chi connectivity index (χ2n) is 5.82. The highest BCUT2D eigenvalue weighted by molar-refractivity contribution is 5.95. The summed E-state index contributed by atoms with van der Waals surface area (Å²) in [6, 6.07) is 5.45. The zero-order chi connectivity index (χ0) is 18.6. The Labute approximate surface area is 146 Å². The van der Waals surface area contributed by atoms with Gasteiger partial charge in [-0.15, -0.1) is 0 Å². The van der Waals surface area contributed by atoms with Crippen molar-refractivity contribution < 1.29 is 19.1 Å². The lowest BCUT2D eigenvalue weighted by atomic mass is 9.96. The number of aryl methyl sites for hydroxylation is 2. The number of fused-ring (bicyclic) bond motifs is 1. The minimum atomic E-state index is -1.15. The van der Waals surface area contributed by atoms with Crippen LogP contribution in [0.3, 0.4) is 0 Å². The molecule has 1 N–H and O–H groups in total. The third kappa shape index (κ3) is 3.90. The van der Waals surface area contributed by atoms with Crippen molar-refractivity contribution in [3.05, 3.63) is 45.2 Å². The average molecular weight is 345 g/mol. The lowest BCUT2D eigenvalue weighted by molar-refractivity contribution is -0.161. The van der Waals surface area contributed by atoms with E-state index in [0.29, 0.717) is 16.6 Å². The SMILES string of the molecule is CCOC(=O)C(Cc1c(C)[nH]c2c(C)cccc2c1=O)C(=O)OCC. The van der Waals surface area contributed by atoms with Gasteiger partial charge in [0.05, 0.1) is 18.7 Å². The van der Waals surface area contributed by atoms with Crippen LogP contribution in [0.2, 0.25) is 0 Å². The van der Waals surface area contributed by atoms with Crippen LogP contribution < -0.4 is 5.43 Å². The van der Waals surface area contributed by atoms with E-state index < -0.39 is 17.9 Å². The summed E-state index contributed by atoms with van der Waals surface area (Å²) in [5, 5.41) is 0.534. The molecule has 0 radical (unpaired) electrons. The van der Waals surface area contributed by atoms with Crippen LogP contribution in [0.25, 0.3) is 10.9 Å². The van der Waals surface area contributed by atoms with Gasteiger partial charge in [-0.05, 0) is 39.3 Å². The lowest BCUT2D eigenvalue weighted by Gasteiger charge is -2.16. The lowest BCUT2D eigenvalue weighted by Crippen LogP contribution is -2.32. The number of hydrogen-bond acceptors (Lipinski definition) is 5. The van der Waals surface area contributed by atoms with Crippen molar-refractivity contribution in [1.82, 2.24) is 4.98 Å². The molecule has 25 heavy (non-hydrogen) atoms. The number of ether oxygens (including phenoxy) is 2. The van der Waals surface area contributed by atoms with E-state index in [1.807, 2.05) is 13.0 Å². The number of esters is 2. The van der Waals surface area contributed by atoms with Crippen molar-refractivity contribution in [2.24, 2.45) is 5.92 Å². The van der Waals surface area contributed by atoms with Gasteiger partial charge in [-0.1, -0.05) is 12.1 Å². The second-order valence-corrected chi connectivity index (χ2v) is 5.82. The number of carbonyl (C=O) groups is 2. The molecule has 0 atom stereocenters. The standard InChI is InChI=1S/C19H23NO5/c1-5-24-18(22)15(19(23)25-6-2)10-14-12(4)20-16-11(3)8-7-9-13(16)17(14)21/h7-9,15H,5-6,10H2,1-4H3,(H,20,21). The predicted octanol–water partition coefficient (Wildman–Crippen LogP) is 2.43. The van der Waals surface area contributed by atoms with E-state index >= 15 is 0 Å². The molecule has 0 unspecified atom stereocenters. The third-order valence-electron chi connectivity index (χ3n) is 4.11. The highest BCUT2D eigenvalue weighted by Crippen LogP contribution is 2.18. The van der Waals surface area contributed by atoms with E-state index in [0.717, 1.165) is 11.1 Å². The minimum absolute atomic E-state index is 0.0529. The first-order chi connectivity index (χ1) is 11.9. The van der Waals surface area contributed by atoms with E-state index in [1.54, 1.807) is 32.9 Å². The summed E-state index contributed by atoms with van der Waals surface area (Å²) < 4.78 is 9.96. The molecule has 2 aromatic rings. The molecule has 1 aromatic carbocycles. The normalized spacial score (nSPS) is 10.9. The molecule has 0 saturated heterocycles. The molecule has 134 valence electrons. The highest BCUT2D eigenvalue weighted by atomic mass is 16.6.